The van der Waals surface area contributed by atoms with Gasteiger partial charge in [0.15, 0.2) is 5.15 Å². The van der Waals surface area contributed by atoms with Crippen LogP contribution in [0.15, 0.2) is 12.3 Å². The third-order valence-electron chi connectivity index (χ3n) is 2.18. The lowest BCUT2D eigenvalue weighted by Crippen LogP contribution is -2.25. The molecule has 2 heterocycles. The fourth-order valence-corrected chi connectivity index (χ4v) is 2.20. The third-order valence-corrected chi connectivity index (χ3v) is 3.03. The molecular formula is C9H8Cl2N2OS. The van der Waals surface area contributed by atoms with Gasteiger partial charge in [-0.1, -0.05) is 23.2 Å². The van der Waals surface area contributed by atoms with Crippen LogP contribution in [0, 0.1) is 0 Å². The van der Waals surface area contributed by atoms with Crippen molar-refractivity contribution in [2.75, 3.05) is 11.4 Å². The SMILES string of the molecule is O=C1CC(S)CN1c1cc(Cl)cnc1Cl. The number of carbonyl (C=O) groups is 1. The molecule has 0 N–H and O–H groups in total. The summed E-state index contributed by atoms with van der Waals surface area (Å²) in [7, 11) is 0. The summed E-state index contributed by atoms with van der Waals surface area (Å²) in [5, 5.41) is 0.799. The van der Waals surface area contributed by atoms with Crippen LogP contribution in [0.1, 0.15) is 6.42 Å². The molecule has 80 valence electrons. The molecule has 1 aliphatic rings. The molecule has 0 bridgehead atoms. The molecule has 1 aromatic rings. The normalized spacial score (nSPS) is 21.1. The average molecular weight is 263 g/mol. The lowest BCUT2D eigenvalue weighted by molar-refractivity contribution is -0.117. The first kappa shape index (κ1) is 11.0. The number of halogens is 2. The first-order valence-corrected chi connectivity index (χ1v) is 5.64. The number of rotatable bonds is 1. The lowest BCUT2D eigenvalue weighted by Gasteiger charge is -2.16. The summed E-state index contributed by atoms with van der Waals surface area (Å²) in [4.78, 5) is 17.1. The maximum Gasteiger partial charge on any atom is 0.228 e. The highest BCUT2D eigenvalue weighted by atomic mass is 35.5. The topological polar surface area (TPSA) is 33.2 Å². The van der Waals surface area contributed by atoms with Crippen molar-refractivity contribution >= 4 is 47.4 Å². The van der Waals surface area contributed by atoms with E-state index < -0.39 is 0 Å². The molecule has 1 fully saturated rings. The van der Waals surface area contributed by atoms with Gasteiger partial charge in [-0.25, -0.2) is 4.98 Å². The van der Waals surface area contributed by atoms with Crippen molar-refractivity contribution in [3.8, 4) is 0 Å². The number of hydrogen-bond acceptors (Lipinski definition) is 3. The second-order valence-corrected chi connectivity index (χ2v) is 4.85. The van der Waals surface area contributed by atoms with Crippen LogP contribution in [-0.4, -0.2) is 22.7 Å². The molecule has 6 heteroatoms. The minimum absolute atomic E-state index is 0.000895. The van der Waals surface area contributed by atoms with Crippen LogP contribution >= 0.6 is 35.8 Å². The van der Waals surface area contributed by atoms with Crippen LogP contribution in [0.3, 0.4) is 0 Å². The largest absolute Gasteiger partial charge is 0.308 e. The van der Waals surface area contributed by atoms with Gasteiger partial charge in [0.1, 0.15) is 0 Å². The lowest BCUT2D eigenvalue weighted by atomic mass is 10.4. The Kier molecular flexibility index (Phi) is 3.09. The van der Waals surface area contributed by atoms with Gasteiger partial charge in [-0.3, -0.25) is 4.79 Å². The fourth-order valence-electron chi connectivity index (χ4n) is 1.52. The van der Waals surface area contributed by atoms with E-state index in [-0.39, 0.29) is 16.3 Å². The number of pyridine rings is 1. The van der Waals surface area contributed by atoms with Gasteiger partial charge in [-0.05, 0) is 6.07 Å². The van der Waals surface area contributed by atoms with E-state index >= 15 is 0 Å². The molecule has 0 radical (unpaired) electrons. The molecule has 1 aromatic heterocycles. The molecule has 2 rings (SSSR count). The molecule has 0 saturated carbocycles. The quantitative estimate of drug-likeness (QED) is 0.623. The first-order chi connectivity index (χ1) is 7.08. The number of hydrogen-bond donors (Lipinski definition) is 1. The minimum Gasteiger partial charge on any atom is -0.308 e. The first-order valence-electron chi connectivity index (χ1n) is 4.37. The summed E-state index contributed by atoms with van der Waals surface area (Å²) in [5.74, 6) is 0.000895. The zero-order valence-corrected chi connectivity index (χ0v) is 10.1. The highest BCUT2D eigenvalue weighted by Gasteiger charge is 2.29. The molecule has 15 heavy (non-hydrogen) atoms. The Morgan fingerprint density at radius 1 is 1.53 bits per heavy atom. The van der Waals surface area contributed by atoms with Crippen molar-refractivity contribution < 1.29 is 4.79 Å². The zero-order valence-electron chi connectivity index (χ0n) is 7.65. The average Bonchev–Trinajstić information content (AvgIpc) is 2.50. The molecule has 0 aliphatic carbocycles. The van der Waals surface area contributed by atoms with Crippen LogP contribution in [0.4, 0.5) is 5.69 Å². The van der Waals surface area contributed by atoms with E-state index in [0.717, 1.165) is 0 Å². The van der Waals surface area contributed by atoms with Gasteiger partial charge < -0.3 is 4.90 Å². The van der Waals surface area contributed by atoms with Gasteiger partial charge in [-0.2, -0.15) is 12.6 Å². The monoisotopic (exact) mass is 262 g/mol. The Morgan fingerprint density at radius 3 is 2.87 bits per heavy atom. The van der Waals surface area contributed by atoms with Gasteiger partial charge in [0, 0.05) is 24.4 Å². The van der Waals surface area contributed by atoms with Gasteiger partial charge in [0.2, 0.25) is 5.91 Å². The summed E-state index contributed by atoms with van der Waals surface area (Å²) < 4.78 is 0. The Labute approximate surface area is 103 Å². The number of anilines is 1. The van der Waals surface area contributed by atoms with E-state index in [1.165, 1.54) is 6.20 Å². The Balaban J connectivity index is 2.37. The predicted octanol–water partition coefficient (Wildman–Crippen LogP) is 2.42. The number of thiol groups is 1. The molecule has 0 aromatic carbocycles. The molecule has 1 unspecified atom stereocenters. The molecule has 1 atom stereocenters. The van der Waals surface area contributed by atoms with Crippen molar-refractivity contribution in [2.24, 2.45) is 0 Å². The van der Waals surface area contributed by atoms with Gasteiger partial charge in [0.25, 0.3) is 0 Å². The van der Waals surface area contributed by atoms with Crippen LogP contribution < -0.4 is 4.90 Å². The summed E-state index contributed by atoms with van der Waals surface area (Å²) >= 11 is 16.0. The summed E-state index contributed by atoms with van der Waals surface area (Å²) in [5.41, 5.74) is 0.561. The predicted molar refractivity (Wildman–Crippen MR) is 64.0 cm³/mol. The molecule has 1 amide bonds. The number of nitrogens with zero attached hydrogens (tertiary/aromatic N) is 2. The standard InChI is InChI=1S/C9H8Cl2N2OS/c10-5-1-7(9(11)12-3-5)13-4-6(15)2-8(13)14/h1,3,6,15H,2,4H2. The van der Waals surface area contributed by atoms with E-state index in [1.807, 2.05) is 0 Å². The van der Waals surface area contributed by atoms with Crippen LogP contribution in [-0.2, 0) is 4.79 Å². The molecule has 1 saturated heterocycles. The Hall–Kier alpha value is -0.450. The van der Waals surface area contributed by atoms with Crippen LogP contribution in [0.5, 0.6) is 0 Å². The Morgan fingerprint density at radius 2 is 2.27 bits per heavy atom. The third kappa shape index (κ3) is 2.22. The second kappa shape index (κ2) is 4.20. The summed E-state index contributed by atoms with van der Waals surface area (Å²) in [6, 6.07) is 1.64. The minimum atomic E-state index is 0.000895. The van der Waals surface area contributed by atoms with Crippen molar-refractivity contribution in [2.45, 2.75) is 11.7 Å². The molecule has 0 spiro atoms. The van der Waals surface area contributed by atoms with Gasteiger partial charge in [0.05, 0.1) is 10.7 Å². The van der Waals surface area contributed by atoms with Crippen LogP contribution in [0.2, 0.25) is 10.2 Å². The molecule has 1 aliphatic heterocycles. The maximum absolute atomic E-state index is 11.6. The van der Waals surface area contributed by atoms with Crippen molar-refractivity contribution in [1.29, 1.82) is 0 Å². The van der Waals surface area contributed by atoms with E-state index in [9.17, 15) is 4.79 Å². The number of carbonyl (C=O) groups excluding carboxylic acids is 1. The smallest absolute Gasteiger partial charge is 0.228 e. The fraction of sp³-hybridized carbons (Fsp3) is 0.333. The van der Waals surface area contributed by atoms with E-state index in [0.29, 0.717) is 23.7 Å². The van der Waals surface area contributed by atoms with Crippen molar-refractivity contribution in [1.82, 2.24) is 4.98 Å². The zero-order chi connectivity index (χ0) is 11.0. The van der Waals surface area contributed by atoms with Gasteiger partial charge in [-0.15, -0.1) is 0 Å². The summed E-state index contributed by atoms with van der Waals surface area (Å²) in [6.07, 6.45) is 1.87. The molecular weight excluding hydrogens is 255 g/mol. The van der Waals surface area contributed by atoms with E-state index in [4.69, 9.17) is 23.2 Å². The highest BCUT2D eigenvalue weighted by molar-refractivity contribution is 7.81. The van der Waals surface area contributed by atoms with E-state index in [1.54, 1.807) is 11.0 Å². The Bertz CT molecular complexity index is 413. The number of amides is 1. The summed E-state index contributed by atoms with van der Waals surface area (Å²) in [6.45, 7) is 0.545. The van der Waals surface area contributed by atoms with Crippen LogP contribution in [0.25, 0.3) is 0 Å². The molecule has 3 nitrogen and oxygen atoms in total. The highest BCUT2D eigenvalue weighted by Crippen LogP contribution is 2.31. The maximum atomic E-state index is 11.6. The van der Waals surface area contributed by atoms with Crippen molar-refractivity contribution in [3.63, 3.8) is 0 Å². The second-order valence-electron chi connectivity index (χ2n) is 3.33. The number of aromatic nitrogens is 1. The van der Waals surface area contributed by atoms with E-state index in [2.05, 4.69) is 17.6 Å². The van der Waals surface area contributed by atoms with Crippen molar-refractivity contribution in [3.05, 3.63) is 22.4 Å². The van der Waals surface area contributed by atoms with Gasteiger partial charge >= 0.3 is 0 Å².